The number of aromatic hydroxyl groups is 1. The maximum atomic E-state index is 10.8. The Morgan fingerprint density at radius 1 is 0.733 bits per heavy atom. The topological polar surface area (TPSA) is 64.0 Å². The van der Waals surface area contributed by atoms with Crippen LogP contribution in [0.15, 0.2) is 12.1 Å². The van der Waals surface area contributed by atoms with E-state index in [1.807, 2.05) is 35.7 Å². The quantitative estimate of drug-likeness (QED) is 0.0939. The monoisotopic (exact) mass is 700 g/mol. The molecule has 0 aromatic heterocycles. The molecule has 2 N–H and O–H groups in total. The number of aryl methyl sites for hydroxylation is 1. The average Bonchev–Trinajstić information content (AvgIpc) is 2.95. The molecule has 1 aromatic rings. The van der Waals surface area contributed by atoms with Gasteiger partial charge in [-0.15, -0.1) is 0 Å². The van der Waals surface area contributed by atoms with Gasteiger partial charge in [-0.3, -0.25) is 4.79 Å². The van der Waals surface area contributed by atoms with E-state index in [4.69, 9.17) is 29.5 Å². The van der Waals surface area contributed by atoms with Crippen LogP contribution in [-0.2, 0) is 22.0 Å². The smallest absolute Gasteiger partial charge is 0.303 e. The summed E-state index contributed by atoms with van der Waals surface area (Å²) in [6.07, 6.45) is 10.3. The Bertz CT molecular complexity index is 952. The summed E-state index contributed by atoms with van der Waals surface area (Å²) < 4.78 is 2.09. The highest BCUT2D eigenvalue weighted by Gasteiger charge is 2.26. The Balaban J connectivity index is 0.000000880. The van der Waals surface area contributed by atoms with Gasteiger partial charge in [0, 0.05) is 31.0 Å². The van der Waals surface area contributed by atoms with Crippen LogP contribution < -0.4 is 0 Å². The largest absolute Gasteiger partial charge is 0.507 e. The van der Waals surface area contributed by atoms with Gasteiger partial charge in [-0.1, -0.05) is 155 Å². The van der Waals surface area contributed by atoms with Crippen molar-refractivity contribution in [2.45, 2.75) is 144 Å². The van der Waals surface area contributed by atoms with E-state index < -0.39 is 5.97 Å². The van der Waals surface area contributed by atoms with Crippen LogP contribution in [0.5, 0.6) is 5.75 Å². The number of aliphatic carboxylic acids is 1. The molecule has 0 fully saturated rings. The third kappa shape index (κ3) is 18.8. The number of phenolic OH excluding ortho intramolecular Hbond substituents is 1. The molecule has 0 unspecified atom stereocenters. The minimum absolute atomic E-state index is 0.109. The van der Waals surface area contributed by atoms with Crippen LogP contribution in [0.1, 0.15) is 144 Å². The molecule has 1 rings (SSSR count). The summed E-state index contributed by atoms with van der Waals surface area (Å²) in [6.45, 7) is 24.2. The number of carboxylic acids is 1. The molecule has 45 heavy (non-hydrogen) atoms. The fourth-order valence-electron chi connectivity index (χ4n) is 4.37. The van der Waals surface area contributed by atoms with E-state index in [1.165, 1.54) is 51.4 Å². The molecule has 0 heterocycles. The van der Waals surface area contributed by atoms with Crippen molar-refractivity contribution in [1.29, 1.82) is 0 Å². The highest BCUT2D eigenvalue weighted by atomic mass is 32.2. The Morgan fingerprint density at radius 2 is 1.11 bits per heavy atom. The van der Waals surface area contributed by atoms with Crippen molar-refractivity contribution >= 4 is 62.6 Å². The second-order valence-electron chi connectivity index (χ2n) is 13.7. The van der Waals surface area contributed by atoms with Crippen molar-refractivity contribution in [3.8, 4) is 5.75 Å². The van der Waals surface area contributed by atoms with Crippen molar-refractivity contribution in [3.05, 3.63) is 28.8 Å². The molecule has 0 amide bonds. The van der Waals surface area contributed by atoms with Gasteiger partial charge in [0.1, 0.15) is 14.4 Å². The molecule has 0 saturated heterocycles. The summed E-state index contributed by atoms with van der Waals surface area (Å²) in [7, 11) is 0. The van der Waals surface area contributed by atoms with Gasteiger partial charge in [0.05, 0.1) is 6.67 Å². The molecule has 0 saturated carbocycles. The van der Waals surface area contributed by atoms with E-state index in [9.17, 15) is 9.90 Å². The van der Waals surface area contributed by atoms with Crippen LogP contribution in [0, 0.1) is 0 Å². The number of nitrogens with zero attached hydrogens (tertiary/aromatic N) is 2. The van der Waals surface area contributed by atoms with Crippen LogP contribution in [0.2, 0.25) is 0 Å². The first-order valence-corrected chi connectivity index (χ1v) is 19.7. The highest BCUT2D eigenvalue weighted by molar-refractivity contribution is 8.23. The maximum absolute atomic E-state index is 10.8. The second-order valence-corrected chi connectivity index (χ2v) is 17.2. The molecule has 9 heteroatoms. The molecule has 0 radical (unpaired) electrons. The molecule has 5 nitrogen and oxygen atoms in total. The van der Waals surface area contributed by atoms with Gasteiger partial charge in [-0.05, 0) is 59.6 Å². The van der Waals surface area contributed by atoms with Crippen LogP contribution in [0.4, 0.5) is 0 Å². The summed E-state index contributed by atoms with van der Waals surface area (Å²) in [4.78, 5) is 15.5. The van der Waals surface area contributed by atoms with Gasteiger partial charge in [-0.2, -0.15) is 0 Å². The highest BCUT2D eigenvalue weighted by Crippen LogP contribution is 2.40. The van der Waals surface area contributed by atoms with Crippen LogP contribution in [0.25, 0.3) is 0 Å². The molecular formula is C36H64N2O3S4. The molecule has 260 valence electrons. The summed E-state index contributed by atoms with van der Waals surface area (Å²) in [5.41, 5.74) is 2.38. The van der Waals surface area contributed by atoms with Gasteiger partial charge >= 0.3 is 5.97 Å². The average molecular weight is 701 g/mol. The zero-order valence-electron chi connectivity index (χ0n) is 30.1. The summed E-state index contributed by atoms with van der Waals surface area (Å²) in [6, 6.07) is 3.88. The third-order valence-electron chi connectivity index (χ3n) is 7.28. The summed E-state index contributed by atoms with van der Waals surface area (Å²) in [5, 5.41) is 19.4. The van der Waals surface area contributed by atoms with E-state index in [0.717, 1.165) is 56.6 Å². The van der Waals surface area contributed by atoms with Gasteiger partial charge in [0.25, 0.3) is 0 Å². The molecule has 1 aromatic carbocycles. The number of hydrogen-bond donors (Lipinski definition) is 2. The van der Waals surface area contributed by atoms with E-state index in [2.05, 4.69) is 79.0 Å². The number of hydrogen-bond acceptors (Lipinski definition) is 6. The summed E-state index contributed by atoms with van der Waals surface area (Å²) >= 11 is 15.2. The molecule has 0 spiro atoms. The third-order valence-corrected chi connectivity index (χ3v) is 10.5. The standard InChI is InChI=1S/C19H38N2S4.C17H26O3/c1-5-9-13-20(18(22)24-15-11-7-3)17-21(14-10-6-2)19(23)25-16-12-8-4;1-16(2,3)12-9-11(7-8-14(18)19)10-13(15(12)20)17(4,5)6/h5-17H2,1-4H3;9-10,20H,7-8H2,1-6H3,(H,18,19). The zero-order valence-corrected chi connectivity index (χ0v) is 33.4. The first-order chi connectivity index (χ1) is 21.0. The van der Waals surface area contributed by atoms with Gasteiger partial charge in [-0.25, -0.2) is 0 Å². The van der Waals surface area contributed by atoms with Crippen molar-refractivity contribution < 1.29 is 15.0 Å². The number of thiocarbonyl (C=S) groups is 2. The van der Waals surface area contributed by atoms with E-state index in [-0.39, 0.29) is 17.3 Å². The number of unbranched alkanes of at least 4 members (excludes halogenated alkanes) is 4. The van der Waals surface area contributed by atoms with E-state index in [0.29, 0.717) is 12.2 Å². The lowest BCUT2D eigenvalue weighted by Gasteiger charge is -2.33. The lowest BCUT2D eigenvalue weighted by molar-refractivity contribution is -0.136. The Hall–Kier alpha value is -1.03. The van der Waals surface area contributed by atoms with Gasteiger partial charge in [0.15, 0.2) is 0 Å². The molecule has 0 aliphatic heterocycles. The number of thioether (sulfide) groups is 2. The van der Waals surface area contributed by atoms with Crippen LogP contribution in [0.3, 0.4) is 0 Å². The zero-order chi connectivity index (χ0) is 34.6. The van der Waals surface area contributed by atoms with Crippen molar-refractivity contribution in [3.63, 3.8) is 0 Å². The Labute approximate surface area is 296 Å². The van der Waals surface area contributed by atoms with Gasteiger partial charge in [0.2, 0.25) is 0 Å². The van der Waals surface area contributed by atoms with Crippen molar-refractivity contribution in [2.75, 3.05) is 31.3 Å². The van der Waals surface area contributed by atoms with Crippen molar-refractivity contribution in [1.82, 2.24) is 9.80 Å². The Morgan fingerprint density at radius 3 is 1.42 bits per heavy atom. The number of carboxylic acid groups (broad SMARTS) is 1. The molecule has 0 atom stereocenters. The normalized spacial score (nSPS) is 11.5. The molecular weight excluding hydrogens is 637 g/mol. The lowest BCUT2D eigenvalue weighted by Crippen LogP contribution is -2.42. The van der Waals surface area contributed by atoms with E-state index >= 15 is 0 Å². The minimum Gasteiger partial charge on any atom is -0.507 e. The van der Waals surface area contributed by atoms with Crippen LogP contribution in [-0.4, -0.2) is 65.9 Å². The maximum Gasteiger partial charge on any atom is 0.303 e. The van der Waals surface area contributed by atoms with Crippen LogP contribution >= 0.6 is 48.0 Å². The predicted octanol–water partition coefficient (Wildman–Crippen LogP) is 10.8. The fraction of sp³-hybridized carbons (Fsp3) is 0.750. The fourth-order valence-corrected chi connectivity index (χ4v) is 7.04. The first-order valence-electron chi connectivity index (χ1n) is 16.9. The molecule has 0 aliphatic rings. The first kappa shape index (κ1) is 44.0. The number of rotatable bonds is 17. The summed E-state index contributed by atoms with van der Waals surface area (Å²) in [5.74, 6) is 1.79. The molecule has 0 bridgehead atoms. The number of carbonyl (C=O) groups is 1. The van der Waals surface area contributed by atoms with Crippen molar-refractivity contribution in [2.24, 2.45) is 0 Å². The second kappa shape index (κ2) is 23.3. The van der Waals surface area contributed by atoms with Gasteiger partial charge < -0.3 is 20.0 Å². The SMILES string of the molecule is CC(C)(C)c1cc(CCC(=O)O)cc(C(C)(C)C)c1O.CCCCSC(=S)N(CCCC)CN(CCCC)C(=S)SCCCC. The number of phenols is 1. The Kier molecular flexibility index (Phi) is 22.8. The van der Waals surface area contributed by atoms with E-state index in [1.54, 1.807) is 0 Å². The molecule has 0 aliphatic carbocycles. The lowest BCUT2D eigenvalue weighted by atomic mass is 9.78. The number of benzene rings is 1. The minimum atomic E-state index is -0.798. The predicted molar refractivity (Wildman–Crippen MR) is 209 cm³/mol.